The number of carbonyl (C=O) groups excluding carboxylic acids is 3. The molecule has 1 aromatic carbocycles. The third-order valence-electron chi connectivity index (χ3n) is 3.84. The molecule has 0 unspecified atom stereocenters. The molecule has 1 N–H and O–H groups in total. The number of hydrogen-bond donors (Lipinski definition) is 1. The van der Waals surface area contributed by atoms with Crippen molar-refractivity contribution in [3.05, 3.63) is 29.8 Å². The average Bonchev–Trinajstić information content (AvgIpc) is 2.62. The third-order valence-corrected chi connectivity index (χ3v) is 3.84. The third kappa shape index (κ3) is 5.37. The molecule has 1 heterocycles. The largest absolute Gasteiger partial charge is 0.513 e. The predicted molar refractivity (Wildman–Crippen MR) is 88.6 cm³/mol. The molecule has 1 aliphatic heterocycles. The van der Waals surface area contributed by atoms with Gasteiger partial charge in [0.1, 0.15) is 5.75 Å². The molecule has 2 rings (SSSR count). The summed E-state index contributed by atoms with van der Waals surface area (Å²) in [4.78, 5) is 36.6. The smallest absolute Gasteiger partial charge is 0.453 e. The molecule has 0 aromatic heterocycles. The van der Waals surface area contributed by atoms with Gasteiger partial charge in [0.2, 0.25) is 0 Å². The standard InChI is InChI=1S/C17H22N2O6/c1-3-24-17(22)25-14-6-4-12(5-7-14)15(20)18-13-8-10-19(11-9-13)16(21)23-2/h4-7,13H,3,8-11H2,1-2H3,(H,18,20). The molecule has 0 atom stereocenters. The fourth-order valence-corrected chi connectivity index (χ4v) is 2.52. The Morgan fingerprint density at radius 3 is 2.36 bits per heavy atom. The molecule has 1 saturated heterocycles. The van der Waals surface area contributed by atoms with E-state index < -0.39 is 6.16 Å². The lowest BCUT2D eigenvalue weighted by atomic mass is 10.0. The van der Waals surface area contributed by atoms with Crippen molar-refractivity contribution in [1.82, 2.24) is 10.2 Å². The summed E-state index contributed by atoms with van der Waals surface area (Å²) in [7, 11) is 1.35. The van der Waals surface area contributed by atoms with Crippen molar-refractivity contribution in [3.8, 4) is 5.75 Å². The molecular formula is C17H22N2O6. The second-order valence-electron chi connectivity index (χ2n) is 5.51. The van der Waals surface area contributed by atoms with Crippen LogP contribution in [0.15, 0.2) is 24.3 Å². The zero-order chi connectivity index (χ0) is 18.2. The minimum absolute atomic E-state index is 0.00358. The van der Waals surface area contributed by atoms with Crippen LogP contribution in [0.25, 0.3) is 0 Å². The first kappa shape index (κ1) is 18.6. The monoisotopic (exact) mass is 350 g/mol. The molecule has 1 aliphatic rings. The first-order valence-electron chi connectivity index (χ1n) is 8.12. The summed E-state index contributed by atoms with van der Waals surface area (Å²) in [5.74, 6) is 0.0978. The lowest BCUT2D eigenvalue weighted by Crippen LogP contribution is -2.46. The quantitative estimate of drug-likeness (QED) is 0.661. The van der Waals surface area contributed by atoms with Crippen LogP contribution in [0.1, 0.15) is 30.1 Å². The first-order chi connectivity index (χ1) is 12.0. The highest BCUT2D eigenvalue weighted by atomic mass is 16.7. The van der Waals surface area contributed by atoms with Gasteiger partial charge in [-0.3, -0.25) is 4.79 Å². The second-order valence-corrected chi connectivity index (χ2v) is 5.51. The van der Waals surface area contributed by atoms with Gasteiger partial charge in [-0.15, -0.1) is 0 Å². The van der Waals surface area contributed by atoms with E-state index in [4.69, 9.17) is 4.74 Å². The van der Waals surface area contributed by atoms with Crippen molar-refractivity contribution in [2.45, 2.75) is 25.8 Å². The van der Waals surface area contributed by atoms with Crippen LogP contribution in [-0.4, -0.2) is 55.9 Å². The Balaban J connectivity index is 1.83. The van der Waals surface area contributed by atoms with Gasteiger partial charge in [0.05, 0.1) is 13.7 Å². The Kier molecular flexibility index (Phi) is 6.62. The van der Waals surface area contributed by atoms with Gasteiger partial charge < -0.3 is 24.4 Å². The van der Waals surface area contributed by atoms with E-state index in [9.17, 15) is 14.4 Å². The maximum atomic E-state index is 12.3. The van der Waals surface area contributed by atoms with Gasteiger partial charge in [0, 0.05) is 24.7 Å². The molecule has 0 radical (unpaired) electrons. The van der Waals surface area contributed by atoms with Crippen LogP contribution in [0.3, 0.4) is 0 Å². The molecule has 136 valence electrons. The second kappa shape index (κ2) is 8.91. The van der Waals surface area contributed by atoms with Crippen LogP contribution < -0.4 is 10.1 Å². The van der Waals surface area contributed by atoms with E-state index in [1.807, 2.05) is 0 Å². The van der Waals surface area contributed by atoms with Crippen LogP contribution >= 0.6 is 0 Å². The summed E-state index contributed by atoms with van der Waals surface area (Å²) in [5.41, 5.74) is 0.464. The Hall–Kier alpha value is -2.77. The van der Waals surface area contributed by atoms with Crippen LogP contribution in [0.5, 0.6) is 5.75 Å². The number of rotatable bonds is 4. The summed E-state index contributed by atoms with van der Waals surface area (Å²) in [6, 6.07) is 6.22. The van der Waals surface area contributed by atoms with Crippen LogP contribution in [0, 0.1) is 0 Å². The number of likely N-dealkylation sites (tertiary alicyclic amines) is 1. The number of hydrogen-bond acceptors (Lipinski definition) is 6. The average molecular weight is 350 g/mol. The van der Waals surface area contributed by atoms with Crippen molar-refractivity contribution in [2.75, 3.05) is 26.8 Å². The maximum Gasteiger partial charge on any atom is 0.513 e. The Morgan fingerprint density at radius 2 is 1.80 bits per heavy atom. The minimum Gasteiger partial charge on any atom is -0.453 e. The van der Waals surface area contributed by atoms with E-state index >= 15 is 0 Å². The molecule has 25 heavy (non-hydrogen) atoms. The number of benzene rings is 1. The Labute approximate surface area is 146 Å². The molecule has 0 aliphatic carbocycles. The molecule has 0 saturated carbocycles. The zero-order valence-electron chi connectivity index (χ0n) is 14.3. The van der Waals surface area contributed by atoms with Crippen LogP contribution in [-0.2, 0) is 9.47 Å². The topological polar surface area (TPSA) is 94.2 Å². The van der Waals surface area contributed by atoms with Gasteiger partial charge in [0.15, 0.2) is 0 Å². The van der Waals surface area contributed by atoms with E-state index in [1.165, 1.54) is 19.2 Å². The predicted octanol–water partition coefficient (Wildman–Crippen LogP) is 2.18. The van der Waals surface area contributed by atoms with Crippen LogP contribution in [0.4, 0.5) is 9.59 Å². The SMILES string of the molecule is CCOC(=O)Oc1ccc(C(=O)NC2CCN(C(=O)OC)CC2)cc1. The summed E-state index contributed by atoms with van der Waals surface area (Å²) in [5, 5.41) is 2.94. The fraction of sp³-hybridized carbons (Fsp3) is 0.471. The van der Waals surface area contributed by atoms with Crippen molar-refractivity contribution in [2.24, 2.45) is 0 Å². The molecule has 2 amide bonds. The number of nitrogens with one attached hydrogen (secondary N) is 1. The zero-order valence-corrected chi connectivity index (χ0v) is 14.3. The molecule has 0 spiro atoms. The van der Waals surface area contributed by atoms with Crippen molar-refractivity contribution in [1.29, 1.82) is 0 Å². The van der Waals surface area contributed by atoms with Gasteiger partial charge in [-0.1, -0.05) is 0 Å². The van der Waals surface area contributed by atoms with Gasteiger partial charge in [-0.05, 0) is 44.0 Å². The lowest BCUT2D eigenvalue weighted by Gasteiger charge is -2.31. The van der Waals surface area contributed by atoms with Gasteiger partial charge in [-0.25, -0.2) is 9.59 Å². The van der Waals surface area contributed by atoms with Crippen molar-refractivity contribution >= 4 is 18.2 Å². The van der Waals surface area contributed by atoms with Crippen LogP contribution in [0.2, 0.25) is 0 Å². The molecule has 1 aromatic rings. The van der Waals surface area contributed by atoms with Gasteiger partial charge in [-0.2, -0.15) is 0 Å². The van der Waals surface area contributed by atoms with Crippen molar-refractivity contribution in [3.63, 3.8) is 0 Å². The fourth-order valence-electron chi connectivity index (χ4n) is 2.52. The number of ether oxygens (including phenoxy) is 3. The Morgan fingerprint density at radius 1 is 1.16 bits per heavy atom. The van der Waals surface area contributed by atoms with E-state index in [0.29, 0.717) is 37.2 Å². The lowest BCUT2D eigenvalue weighted by molar-refractivity contribution is 0.0892. The summed E-state index contributed by atoms with van der Waals surface area (Å²) >= 11 is 0. The summed E-state index contributed by atoms with van der Waals surface area (Å²) in [6.07, 6.45) is 0.217. The van der Waals surface area contributed by atoms with Crippen molar-refractivity contribution < 1.29 is 28.6 Å². The number of nitrogens with zero attached hydrogens (tertiary/aromatic N) is 1. The highest BCUT2D eigenvalue weighted by Gasteiger charge is 2.24. The molecule has 8 heteroatoms. The minimum atomic E-state index is -0.780. The number of carbonyl (C=O) groups is 3. The molecule has 1 fully saturated rings. The summed E-state index contributed by atoms with van der Waals surface area (Å²) in [6.45, 7) is 3.01. The summed E-state index contributed by atoms with van der Waals surface area (Å²) < 4.78 is 14.3. The maximum absolute atomic E-state index is 12.3. The van der Waals surface area contributed by atoms with E-state index in [0.717, 1.165) is 0 Å². The highest BCUT2D eigenvalue weighted by molar-refractivity contribution is 5.94. The van der Waals surface area contributed by atoms with E-state index in [2.05, 4.69) is 14.8 Å². The van der Waals surface area contributed by atoms with E-state index in [1.54, 1.807) is 24.0 Å². The van der Waals surface area contributed by atoms with Gasteiger partial charge in [0.25, 0.3) is 5.91 Å². The van der Waals surface area contributed by atoms with Gasteiger partial charge >= 0.3 is 12.2 Å². The molecule has 0 bridgehead atoms. The highest BCUT2D eigenvalue weighted by Crippen LogP contribution is 2.15. The first-order valence-corrected chi connectivity index (χ1v) is 8.12. The number of piperidine rings is 1. The molecular weight excluding hydrogens is 328 g/mol. The Bertz CT molecular complexity index is 608. The molecule has 8 nitrogen and oxygen atoms in total. The number of amides is 2. The van der Waals surface area contributed by atoms with E-state index in [-0.39, 0.29) is 24.6 Å². The number of methoxy groups -OCH3 is 1. The normalized spacial score (nSPS) is 14.6.